The van der Waals surface area contributed by atoms with E-state index in [4.69, 9.17) is 11.6 Å². The fourth-order valence-electron chi connectivity index (χ4n) is 2.51. The first-order valence-electron chi connectivity index (χ1n) is 8.19. The number of thiazole rings is 1. The Kier molecular flexibility index (Phi) is 5.97. The largest absolute Gasteiger partial charge is 0.302 e. The molecular formula is C18H17ClN4O3S2. The quantitative estimate of drug-likeness (QED) is 0.567. The van der Waals surface area contributed by atoms with Crippen molar-refractivity contribution in [3.05, 3.63) is 59.0 Å². The van der Waals surface area contributed by atoms with Gasteiger partial charge in [0.25, 0.3) is 0 Å². The Labute approximate surface area is 171 Å². The van der Waals surface area contributed by atoms with E-state index in [-0.39, 0.29) is 22.5 Å². The molecule has 0 aliphatic heterocycles. The predicted molar refractivity (Wildman–Crippen MR) is 112 cm³/mol. The van der Waals surface area contributed by atoms with Gasteiger partial charge in [0.05, 0.1) is 22.0 Å². The van der Waals surface area contributed by atoms with Gasteiger partial charge in [-0.2, -0.15) is 0 Å². The fourth-order valence-corrected chi connectivity index (χ4v) is 4.90. The van der Waals surface area contributed by atoms with Gasteiger partial charge in [0, 0.05) is 18.7 Å². The lowest BCUT2D eigenvalue weighted by Gasteiger charge is -2.10. The van der Waals surface area contributed by atoms with Gasteiger partial charge in [-0.25, -0.2) is 18.4 Å². The summed E-state index contributed by atoms with van der Waals surface area (Å²) in [6.45, 7) is 3.20. The SMILES string of the molecule is CC(=O)Nc1nc(C)c(-c2cnc(Cl)c(NS(=O)(=O)Cc3ccccc3)c2)s1. The third kappa shape index (κ3) is 5.06. The molecule has 0 unspecified atom stereocenters. The summed E-state index contributed by atoms with van der Waals surface area (Å²) in [5, 5.41) is 3.14. The summed E-state index contributed by atoms with van der Waals surface area (Å²) in [7, 11) is -3.67. The second-order valence-electron chi connectivity index (χ2n) is 6.02. The molecule has 2 N–H and O–H groups in total. The van der Waals surface area contributed by atoms with Crippen molar-refractivity contribution < 1.29 is 13.2 Å². The highest BCUT2D eigenvalue weighted by atomic mass is 35.5. The minimum Gasteiger partial charge on any atom is -0.302 e. The average Bonchev–Trinajstić information content (AvgIpc) is 2.96. The van der Waals surface area contributed by atoms with Gasteiger partial charge < -0.3 is 5.32 Å². The lowest BCUT2D eigenvalue weighted by molar-refractivity contribution is -0.114. The van der Waals surface area contributed by atoms with Crippen molar-refractivity contribution in [1.82, 2.24) is 9.97 Å². The molecule has 1 amide bonds. The number of nitrogens with zero attached hydrogens (tertiary/aromatic N) is 2. The van der Waals surface area contributed by atoms with Gasteiger partial charge in [0.1, 0.15) is 0 Å². The summed E-state index contributed by atoms with van der Waals surface area (Å²) in [6, 6.07) is 10.5. The molecule has 0 bridgehead atoms. The molecule has 0 radical (unpaired) electrons. The van der Waals surface area contributed by atoms with Gasteiger partial charge in [0.15, 0.2) is 10.3 Å². The van der Waals surface area contributed by atoms with Crippen LogP contribution in [0.2, 0.25) is 5.15 Å². The number of anilines is 2. The number of hydrogen-bond donors (Lipinski definition) is 2. The molecule has 3 aromatic rings. The van der Waals surface area contributed by atoms with E-state index >= 15 is 0 Å². The molecule has 2 aromatic heterocycles. The molecule has 0 spiro atoms. The first kappa shape index (κ1) is 20.2. The minimum absolute atomic E-state index is 0.0460. The molecule has 2 heterocycles. The number of amides is 1. The third-order valence-electron chi connectivity index (χ3n) is 3.65. The number of hydrogen-bond acceptors (Lipinski definition) is 6. The van der Waals surface area contributed by atoms with E-state index in [2.05, 4.69) is 20.0 Å². The summed E-state index contributed by atoms with van der Waals surface area (Å²) < 4.78 is 27.5. The number of halogens is 1. The Morgan fingerprint density at radius 1 is 1.25 bits per heavy atom. The number of sulfonamides is 1. The second-order valence-corrected chi connectivity index (χ2v) is 9.10. The predicted octanol–water partition coefficient (Wildman–Crippen LogP) is 4.07. The summed E-state index contributed by atoms with van der Waals surface area (Å²) in [6.07, 6.45) is 1.54. The van der Waals surface area contributed by atoms with Gasteiger partial charge in [-0.1, -0.05) is 53.3 Å². The van der Waals surface area contributed by atoms with E-state index < -0.39 is 10.0 Å². The maximum absolute atomic E-state index is 12.5. The van der Waals surface area contributed by atoms with Crippen molar-refractivity contribution >= 4 is 49.7 Å². The molecule has 0 aliphatic rings. The lowest BCUT2D eigenvalue weighted by atomic mass is 10.2. The van der Waals surface area contributed by atoms with Crippen LogP contribution in [0.5, 0.6) is 0 Å². The maximum Gasteiger partial charge on any atom is 0.237 e. The minimum atomic E-state index is -3.67. The summed E-state index contributed by atoms with van der Waals surface area (Å²) in [4.78, 5) is 20.4. The molecule has 0 saturated heterocycles. The monoisotopic (exact) mass is 436 g/mol. The van der Waals surface area contributed by atoms with E-state index in [1.165, 1.54) is 24.5 Å². The zero-order valence-electron chi connectivity index (χ0n) is 15.1. The molecule has 3 rings (SSSR count). The topological polar surface area (TPSA) is 101 Å². The molecule has 0 saturated carbocycles. The highest BCUT2D eigenvalue weighted by Gasteiger charge is 2.17. The normalized spacial score (nSPS) is 11.2. The summed E-state index contributed by atoms with van der Waals surface area (Å²) >= 11 is 7.37. The Hall–Kier alpha value is -2.49. The second kappa shape index (κ2) is 8.26. The molecule has 146 valence electrons. The number of aryl methyl sites for hydroxylation is 1. The number of rotatable bonds is 6. The molecule has 0 aliphatic carbocycles. The number of pyridine rings is 1. The molecule has 1 aromatic carbocycles. The van der Waals surface area contributed by atoms with Crippen molar-refractivity contribution in [2.45, 2.75) is 19.6 Å². The van der Waals surface area contributed by atoms with Gasteiger partial charge in [0.2, 0.25) is 15.9 Å². The van der Waals surface area contributed by atoms with E-state index in [1.807, 2.05) is 6.07 Å². The van der Waals surface area contributed by atoms with Crippen LogP contribution >= 0.6 is 22.9 Å². The zero-order chi connectivity index (χ0) is 20.3. The average molecular weight is 437 g/mol. The van der Waals surface area contributed by atoms with Gasteiger partial charge in [-0.15, -0.1) is 0 Å². The van der Waals surface area contributed by atoms with Crippen LogP contribution in [-0.2, 0) is 20.6 Å². The zero-order valence-corrected chi connectivity index (χ0v) is 17.5. The standard InChI is InChI=1S/C18H17ClN4O3S2/c1-11-16(27-18(21-11)22-12(2)24)14-8-15(17(19)20-9-14)23-28(25,26)10-13-6-4-3-5-7-13/h3-9,23H,10H2,1-2H3,(H,21,22,24). The smallest absolute Gasteiger partial charge is 0.237 e. The number of benzene rings is 1. The van der Waals surface area contributed by atoms with Crippen molar-refractivity contribution in [3.63, 3.8) is 0 Å². The van der Waals surface area contributed by atoms with Crippen LogP contribution in [-0.4, -0.2) is 24.3 Å². The fraction of sp³-hybridized carbons (Fsp3) is 0.167. The van der Waals surface area contributed by atoms with Crippen molar-refractivity contribution in [3.8, 4) is 10.4 Å². The van der Waals surface area contributed by atoms with Crippen molar-refractivity contribution in [2.24, 2.45) is 0 Å². The Bertz CT molecular complexity index is 1120. The van der Waals surface area contributed by atoms with E-state index in [0.29, 0.717) is 22.0 Å². The van der Waals surface area contributed by atoms with Crippen molar-refractivity contribution in [1.29, 1.82) is 0 Å². The van der Waals surface area contributed by atoms with E-state index in [0.717, 1.165) is 4.88 Å². The Morgan fingerprint density at radius 2 is 1.96 bits per heavy atom. The van der Waals surface area contributed by atoms with Crippen LogP contribution in [0.15, 0.2) is 42.6 Å². The van der Waals surface area contributed by atoms with Crippen LogP contribution in [0.1, 0.15) is 18.2 Å². The van der Waals surface area contributed by atoms with Crippen molar-refractivity contribution in [2.75, 3.05) is 10.0 Å². The van der Waals surface area contributed by atoms with E-state index in [1.54, 1.807) is 37.3 Å². The first-order chi connectivity index (χ1) is 13.2. The van der Waals surface area contributed by atoms with Crippen LogP contribution < -0.4 is 10.0 Å². The summed E-state index contributed by atoms with van der Waals surface area (Å²) in [5.41, 5.74) is 2.18. The highest BCUT2D eigenvalue weighted by molar-refractivity contribution is 7.91. The van der Waals surface area contributed by atoms with Gasteiger partial charge in [-0.05, 0) is 18.6 Å². The number of aromatic nitrogens is 2. The lowest BCUT2D eigenvalue weighted by Crippen LogP contribution is -2.15. The highest BCUT2D eigenvalue weighted by Crippen LogP contribution is 2.35. The molecule has 0 atom stereocenters. The van der Waals surface area contributed by atoms with Crippen LogP contribution in [0.25, 0.3) is 10.4 Å². The molecule has 10 heteroatoms. The summed E-state index contributed by atoms with van der Waals surface area (Å²) in [5.74, 6) is -0.399. The van der Waals surface area contributed by atoms with Crippen LogP contribution in [0.4, 0.5) is 10.8 Å². The third-order valence-corrected chi connectivity index (χ3v) is 6.31. The van der Waals surface area contributed by atoms with Crippen LogP contribution in [0.3, 0.4) is 0 Å². The van der Waals surface area contributed by atoms with E-state index in [9.17, 15) is 13.2 Å². The van der Waals surface area contributed by atoms with Gasteiger partial charge >= 0.3 is 0 Å². The maximum atomic E-state index is 12.5. The Balaban J connectivity index is 1.88. The Morgan fingerprint density at radius 3 is 2.64 bits per heavy atom. The molecule has 28 heavy (non-hydrogen) atoms. The molecule has 7 nitrogen and oxygen atoms in total. The van der Waals surface area contributed by atoms with Gasteiger partial charge in [-0.3, -0.25) is 9.52 Å². The number of carbonyl (C=O) groups excluding carboxylic acids is 1. The van der Waals surface area contributed by atoms with Crippen LogP contribution in [0, 0.1) is 6.92 Å². The molecular weight excluding hydrogens is 420 g/mol. The first-order valence-corrected chi connectivity index (χ1v) is 11.0. The number of nitrogens with one attached hydrogen (secondary N) is 2. The molecule has 0 fully saturated rings. The number of carbonyl (C=O) groups is 1.